The minimum absolute atomic E-state index is 0.0736. The van der Waals surface area contributed by atoms with Crippen molar-refractivity contribution < 1.29 is 9.18 Å². The van der Waals surface area contributed by atoms with Gasteiger partial charge in [0.2, 0.25) is 5.91 Å². The maximum atomic E-state index is 13.3. The van der Waals surface area contributed by atoms with E-state index in [0.717, 1.165) is 6.42 Å². The summed E-state index contributed by atoms with van der Waals surface area (Å²) in [6.07, 6.45) is 0.900. The topological polar surface area (TPSA) is 41.1 Å². The zero-order chi connectivity index (χ0) is 12.8. The number of hydrogen-bond acceptors (Lipinski definition) is 2. The summed E-state index contributed by atoms with van der Waals surface area (Å²) in [4.78, 5) is 11.6. The smallest absolute Gasteiger partial charge is 0.242 e. The van der Waals surface area contributed by atoms with Crippen molar-refractivity contribution in [2.24, 2.45) is 0 Å². The van der Waals surface area contributed by atoms with E-state index in [1.165, 1.54) is 6.07 Å². The summed E-state index contributed by atoms with van der Waals surface area (Å²) in [6.45, 7) is 6.10. The molecule has 0 aliphatic heterocycles. The number of carbonyl (C=O) groups excluding carboxylic acids is 1. The SMILES string of the molecule is CCCNC(=O)C(C)Nc1cccc(F)c1C. The van der Waals surface area contributed by atoms with Crippen molar-refractivity contribution in [3.63, 3.8) is 0 Å². The molecule has 0 saturated heterocycles. The Labute approximate surface area is 101 Å². The molecule has 4 heteroatoms. The van der Waals surface area contributed by atoms with Gasteiger partial charge in [-0.25, -0.2) is 4.39 Å². The quantitative estimate of drug-likeness (QED) is 0.827. The molecule has 1 aromatic rings. The molecule has 3 nitrogen and oxygen atoms in total. The van der Waals surface area contributed by atoms with Gasteiger partial charge in [0.25, 0.3) is 0 Å². The Morgan fingerprint density at radius 1 is 1.47 bits per heavy atom. The van der Waals surface area contributed by atoms with Crippen LogP contribution < -0.4 is 10.6 Å². The third-order valence-corrected chi connectivity index (χ3v) is 2.58. The van der Waals surface area contributed by atoms with Gasteiger partial charge in [0.15, 0.2) is 0 Å². The van der Waals surface area contributed by atoms with Crippen LogP contribution in [0.2, 0.25) is 0 Å². The zero-order valence-corrected chi connectivity index (χ0v) is 10.5. The molecule has 0 fully saturated rings. The third kappa shape index (κ3) is 3.73. The Morgan fingerprint density at radius 2 is 2.18 bits per heavy atom. The molecule has 0 bridgehead atoms. The second-order valence-electron chi connectivity index (χ2n) is 4.07. The van der Waals surface area contributed by atoms with E-state index >= 15 is 0 Å². The van der Waals surface area contributed by atoms with Crippen LogP contribution in [-0.2, 0) is 4.79 Å². The molecule has 1 unspecified atom stereocenters. The summed E-state index contributed by atoms with van der Waals surface area (Å²) in [6, 6.07) is 4.42. The highest BCUT2D eigenvalue weighted by molar-refractivity contribution is 5.84. The average molecular weight is 238 g/mol. The fraction of sp³-hybridized carbons (Fsp3) is 0.462. The monoisotopic (exact) mass is 238 g/mol. The van der Waals surface area contributed by atoms with Crippen LogP contribution in [0.4, 0.5) is 10.1 Å². The maximum absolute atomic E-state index is 13.3. The van der Waals surface area contributed by atoms with Crippen molar-refractivity contribution in [2.45, 2.75) is 33.2 Å². The number of rotatable bonds is 5. The normalized spacial score (nSPS) is 12.0. The van der Waals surface area contributed by atoms with Crippen molar-refractivity contribution in [2.75, 3.05) is 11.9 Å². The van der Waals surface area contributed by atoms with Crippen LogP contribution in [0.15, 0.2) is 18.2 Å². The Kier molecular flexibility index (Phi) is 4.94. The summed E-state index contributed by atoms with van der Waals surface area (Å²) in [5.41, 5.74) is 1.19. The first-order chi connectivity index (χ1) is 8.06. The van der Waals surface area contributed by atoms with E-state index in [-0.39, 0.29) is 17.8 Å². The predicted octanol–water partition coefficient (Wildman–Crippen LogP) is 2.46. The minimum atomic E-state index is -0.373. The Bertz CT molecular complexity index is 393. The van der Waals surface area contributed by atoms with Crippen LogP contribution in [0, 0.1) is 12.7 Å². The molecule has 2 N–H and O–H groups in total. The van der Waals surface area contributed by atoms with Gasteiger partial charge in [0.1, 0.15) is 11.9 Å². The zero-order valence-electron chi connectivity index (χ0n) is 10.5. The van der Waals surface area contributed by atoms with Gasteiger partial charge >= 0.3 is 0 Å². The average Bonchev–Trinajstić information content (AvgIpc) is 2.31. The van der Waals surface area contributed by atoms with Crippen molar-refractivity contribution in [3.05, 3.63) is 29.6 Å². The van der Waals surface area contributed by atoms with E-state index in [0.29, 0.717) is 17.8 Å². The highest BCUT2D eigenvalue weighted by Crippen LogP contribution is 2.18. The molecule has 94 valence electrons. The molecule has 1 amide bonds. The van der Waals surface area contributed by atoms with Crippen molar-refractivity contribution in [1.29, 1.82) is 0 Å². The number of anilines is 1. The first-order valence-electron chi connectivity index (χ1n) is 5.85. The number of hydrogen-bond donors (Lipinski definition) is 2. The van der Waals surface area contributed by atoms with Gasteiger partial charge in [-0.15, -0.1) is 0 Å². The largest absolute Gasteiger partial charge is 0.374 e. The number of amides is 1. The molecular formula is C13H19FN2O. The summed E-state index contributed by atoms with van der Waals surface area (Å²) in [5, 5.41) is 5.80. The van der Waals surface area contributed by atoms with Crippen LogP contribution >= 0.6 is 0 Å². The van der Waals surface area contributed by atoms with Crippen molar-refractivity contribution >= 4 is 11.6 Å². The van der Waals surface area contributed by atoms with E-state index in [2.05, 4.69) is 10.6 Å². The van der Waals surface area contributed by atoms with Gasteiger partial charge in [-0.1, -0.05) is 13.0 Å². The Balaban J connectivity index is 2.64. The second-order valence-corrected chi connectivity index (χ2v) is 4.07. The molecule has 0 spiro atoms. The number of halogens is 1. The fourth-order valence-corrected chi connectivity index (χ4v) is 1.46. The van der Waals surface area contributed by atoms with Crippen LogP contribution in [0.3, 0.4) is 0 Å². The summed E-state index contributed by atoms with van der Waals surface area (Å²) >= 11 is 0. The number of carbonyl (C=O) groups is 1. The lowest BCUT2D eigenvalue weighted by atomic mass is 10.1. The van der Waals surface area contributed by atoms with E-state index < -0.39 is 0 Å². The molecule has 0 heterocycles. The molecular weight excluding hydrogens is 219 g/mol. The van der Waals surface area contributed by atoms with Crippen LogP contribution in [0.25, 0.3) is 0 Å². The Hall–Kier alpha value is -1.58. The minimum Gasteiger partial charge on any atom is -0.374 e. The van der Waals surface area contributed by atoms with Gasteiger partial charge in [0, 0.05) is 17.8 Å². The molecule has 0 radical (unpaired) electrons. The van der Waals surface area contributed by atoms with Crippen LogP contribution in [0.5, 0.6) is 0 Å². The van der Waals surface area contributed by atoms with Crippen molar-refractivity contribution in [3.8, 4) is 0 Å². The third-order valence-electron chi connectivity index (χ3n) is 2.58. The van der Waals surface area contributed by atoms with Crippen LogP contribution in [0.1, 0.15) is 25.8 Å². The molecule has 1 atom stereocenters. The molecule has 0 aromatic heterocycles. The van der Waals surface area contributed by atoms with E-state index in [1.54, 1.807) is 26.0 Å². The van der Waals surface area contributed by atoms with Gasteiger partial charge in [-0.3, -0.25) is 4.79 Å². The maximum Gasteiger partial charge on any atom is 0.242 e. The number of benzene rings is 1. The summed E-state index contributed by atoms with van der Waals surface area (Å²) < 4.78 is 13.3. The Morgan fingerprint density at radius 3 is 2.82 bits per heavy atom. The summed E-state index contributed by atoms with van der Waals surface area (Å²) in [5.74, 6) is -0.341. The van der Waals surface area contributed by atoms with Crippen LogP contribution in [-0.4, -0.2) is 18.5 Å². The number of nitrogens with one attached hydrogen (secondary N) is 2. The standard InChI is InChI=1S/C13H19FN2O/c1-4-8-15-13(17)10(3)16-12-7-5-6-11(14)9(12)2/h5-7,10,16H,4,8H2,1-3H3,(H,15,17). The highest BCUT2D eigenvalue weighted by Gasteiger charge is 2.13. The molecule has 0 saturated carbocycles. The molecule has 0 aliphatic carbocycles. The van der Waals surface area contributed by atoms with Gasteiger partial charge < -0.3 is 10.6 Å². The predicted molar refractivity (Wildman–Crippen MR) is 67.5 cm³/mol. The molecule has 0 aliphatic rings. The van der Waals surface area contributed by atoms with Gasteiger partial charge in [0.05, 0.1) is 0 Å². The van der Waals surface area contributed by atoms with E-state index in [4.69, 9.17) is 0 Å². The summed E-state index contributed by atoms with van der Waals surface area (Å²) in [7, 11) is 0. The lowest BCUT2D eigenvalue weighted by molar-refractivity contribution is -0.121. The molecule has 17 heavy (non-hydrogen) atoms. The van der Waals surface area contributed by atoms with Gasteiger partial charge in [-0.2, -0.15) is 0 Å². The first-order valence-corrected chi connectivity index (χ1v) is 5.85. The fourth-order valence-electron chi connectivity index (χ4n) is 1.46. The first kappa shape index (κ1) is 13.5. The van der Waals surface area contributed by atoms with Crippen molar-refractivity contribution in [1.82, 2.24) is 5.32 Å². The van der Waals surface area contributed by atoms with E-state index in [9.17, 15) is 9.18 Å². The van der Waals surface area contributed by atoms with Gasteiger partial charge in [-0.05, 0) is 32.4 Å². The lowest BCUT2D eigenvalue weighted by Gasteiger charge is -2.16. The van der Waals surface area contributed by atoms with E-state index in [1.807, 2.05) is 6.92 Å². The molecule has 1 rings (SSSR count). The second kappa shape index (κ2) is 6.23. The highest BCUT2D eigenvalue weighted by atomic mass is 19.1. The molecule has 1 aromatic carbocycles. The lowest BCUT2D eigenvalue weighted by Crippen LogP contribution is -2.38.